The highest BCUT2D eigenvalue weighted by Gasteiger charge is 2.12. The number of nitrogens with one attached hydrogen (secondary N) is 1. The Kier molecular flexibility index (Phi) is 3.02. The fourth-order valence-corrected chi connectivity index (χ4v) is 2.22. The lowest BCUT2D eigenvalue weighted by atomic mass is 10.3. The minimum atomic E-state index is 0.435. The molecule has 6 heteroatoms. The molecule has 5 nitrogen and oxygen atoms in total. The first kappa shape index (κ1) is 11.3. The zero-order valence-electron chi connectivity index (χ0n) is 9.88. The van der Waals surface area contributed by atoms with Gasteiger partial charge in [-0.2, -0.15) is 0 Å². The van der Waals surface area contributed by atoms with E-state index in [1.54, 1.807) is 11.8 Å². The molecule has 0 fully saturated rings. The predicted molar refractivity (Wildman–Crippen MR) is 70.4 cm³/mol. The van der Waals surface area contributed by atoms with Crippen molar-refractivity contribution in [2.75, 3.05) is 5.75 Å². The third-order valence-corrected chi connectivity index (χ3v) is 3.45. The summed E-state index contributed by atoms with van der Waals surface area (Å²) in [5, 5.41) is 8.58. The number of aromatic amines is 1. The molecule has 2 heterocycles. The molecule has 2 aromatic heterocycles. The molecule has 3 aromatic rings. The van der Waals surface area contributed by atoms with E-state index < -0.39 is 0 Å². The molecule has 0 aliphatic carbocycles. The first-order valence-corrected chi connectivity index (χ1v) is 6.77. The first-order chi connectivity index (χ1) is 8.86. The van der Waals surface area contributed by atoms with Gasteiger partial charge in [-0.3, -0.25) is 0 Å². The van der Waals surface area contributed by atoms with Gasteiger partial charge in [0.05, 0.1) is 11.0 Å². The van der Waals surface area contributed by atoms with E-state index in [9.17, 15) is 0 Å². The molecule has 1 N–H and O–H groups in total. The monoisotopic (exact) mass is 260 g/mol. The van der Waals surface area contributed by atoms with Crippen LogP contribution in [0.5, 0.6) is 0 Å². The van der Waals surface area contributed by atoms with E-state index >= 15 is 0 Å². The molecular weight excluding hydrogens is 248 g/mol. The summed E-state index contributed by atoms with van der Waals surface area (Å²) >= 11 is 1.56. The largest absolute Gasteiger partial charge is 0.408 e. The topological polar surface area (TPSA) is 67.6 Å². The van der Waals surface area contributed by atoms with Crippen molar-refractivity contribution in [2.24, 2.45) is 0 Å². The lowest BCUT2D eigenvalue weighted by molar-refractivity contribution is 0.463. The highest BCUT2D eigenvalue weighted by molar-refractivity contribution is 7.99. The summed E-state index contributed by atoms with van der Waals surface area (Å²) in [4.78, 5) is 7.58. The molecule has 0 amide bonds. The van der Waals surface area contributed by atoms with Crippen molar-refractivity contribution >= 4 is 22.8 Å². The van der Waals surface area contributed by atoms with Crippen molar-refractivity contribution in [3.8, 4) is 11.7 Å². The van der Waals surface area contributed by atoms with Crippen molar-refractivity contribution in [1.29, 1.82) is 0 Å². The second-order valence-corrected chi connectivity index (χ2v) is 4.87. The summed E-state index contributed by atoms with van der Waals surface area (Å²) in [7, 11) is 0. The van der Waals surface area contributed by atoms with Crippen molar-refractivity contribution in [3.05, 3.63) is 24.3 Å². The maximum Gasteiger partial charge on any atom is 0.284 e. The lowest BCUT2D eigenvalue weighted by Crippen LogP contribution is -1.79. The first-order valence-electron chi connectivity index (χ1n) is 5.78. The van der Waals surface area contributed by atoms with Crippen molar-refractivity contribution in [1.82, 2.24) is 20.2 Å². The molecule has 92 valence electrons. The zero-order chi connectivity index (χ0) is 12.4. The van der Waals surface area contributed by atoms with Gasteiger partial charge in [0.25, 0.3) is 11.1 Å². The van der Waals surface area contributed by atoms with E-state index in [1.807, 2.05) is 24.3 Å². The number of para-hydroxylation sites is 2. The van der Waals surface area contributed by atoms with Crippen LogP contribution < -0.4 is 0 Å². The number of nitrogens with zero attached hydrogens (tertiary/aromatic N) is 3. The molecule has 0 bridgehead atoms. The van der Waals surface area contributed by atoms with Gasteiger partial charge in [0.1, 0.15) is 0 Å². The van der Waals surface area contributed by atoms with Crippen molar-refractivity contribution in [2.45, 2.75) is 18.6 Å². The average Bonchev–Trinajstić information content (AvgIpc) is 3.02. The molecule has 18 heavy (non-hydrogen) atoms. The van der Waals surface area contributed by atoms with Crippen LogP contribution in [0.15, 0.2) is 33.9 Å². The number of thioether (sulfide) groups is 1. The maximum absolute atomic E-state index is 5.55. The second-order valence-electron chi connectivity index (χ2n) is 3.82. The average molecular weight is 260 g/mol. The number of aromatic nitrogens is 4. The van der Waals surface area contributed by atoms with Crippen LogP contribution in [-0.2, 0) is 0 Å². The minimum Gasteiger partial charge on any atom is -0.408 e. The van der Waals surface area contributed by atoms with Gasteiger partial charge in [0, 0.05) is 5.75 Å². The van der Waals surface area contributed by atoms with Crippen LogP contribution in [0, 0.1) is 0 Å². The predicted octanol–water partition coefficient (Wildman–Crippen LogP) is 3.12. The molecule has 0 saturated heterocycles. The van der Waals surface area contributed by atoms with Gasteiger partial charge in [-0.05, 0) is 18.6 Å². The van der Waals surface area contributed by atoms with Crippen LogP contribution in [0.3, 0.4) is 0 Å². The van der Waals surface area contributed by atoms with Crippen LogP contribution in [0.1, 0.15) is 13.3 Å². The molecule has 0 aliphatic rings. The Morgan fingerprint density at radius 2 is 2.17 bits per heavy atom. The molecule has 0 saturated carbocycles. The maximum atomic E-state index is 5.55. The van der Waals surface area contributed by atoms with Crippen molar-refractivity contribution in [3.63, 3.8) is 0 Å². The fraction of sp³-hybridized carbons (Fsp3) is 0.250. The van der Waals surface area contributed by atoms with E-state index in [4.69, 9.17) is 4.42 Å². The number of benzene rings is 1. The Balaban J connectivity index is 1.91. The molecule has 3 rings (SSSR count). The molecule has 1 aromatic carbocycles. The standard InChI is InChI=1S/C12H12N4OS/c1-2-7-18-12-16-15-11(17-12)10-13-8-5-3-4-6-9(8)14-10/h3-6H,2,7H2,1H3,(H,13,14). The van der Waals surface area contributed by atoms with Crippen LogP contribution in [0.2, 0.25) is 0 Å². The van der Waals surface area contributed by atoms with Gasteiger partial charge in [-0.25, -0.2) is 4.98 Å². The Morgan fingerprint density at radius 3 is 3.00 bits per heavy atom. The van der Waals surface area contributed by atoms with Crippen LogP contribution in [-0.4, -0.2) is 25.9 Å². The van der Waals surface area contributed by atoms with Crippen LogP contribution in [0.25, 0.3) is 22.7 Å². The van der Waals surface area contributed by atoms with Gasteiger partial charge < -0.3 is 9.40 Å². The van der Waals surface area contributed by atoms with Crippen LogP contribution in [0.4, 0.5) is 0 Å². The summed E-state index contributed by atoms with van der Waals surface area (Å²) in [5.41, 5.74) is 1.86. The van der Waals surface area contributed by atoms with E-state index in [0.717, 1.165) is 23.2 Å². The summed E-state index contributed by atoms with van der Waals surface area (Å²) in [6.45, 7) is 2.11. The van der Waals surface area contributed by atoms with E-state index in [0.29, 0.717) is 16.9 Å². The summed E-state index contributed by atoms with van der Waals surface area (Å²) in [6.07, 6.45) is 1.08. The molecule has 0 unspecified atom stereocenters. The minimum absolute atomic E-state index is 0.435. The quantitative estimate of drug-likeness (QED) is 0.730. The van der Waals surface area contributed by atoms with Gasteiger partial charge >= 0.3 is 0 Å². The van der Waals surface area contributed by atoms with Gasteiger partial charge in [0.15, 0.2) is 5.82 Å². The third-order valence-electron chi connectivity index (χ3n) is 2.43. The number of hydrogen-bond donors (Lipinski definition) is 1. The molecule has 0 atom stereocenters. The third kappa shape index (κ3) is 2.11. The second kappa shape index (κ2) is 4.81. The number of H-pyrrole nitrogens is 1. The van der Waals surface area contributed by atoms with E-state index in [-0.39, 0.29) is 0 Å². The number of fused-ring (bicyclic) bond motifs is 1. The highest BCUT2D eigenvalue weighted by atomic mass is 32.2. The smallest absolute Gasteiger partial charge is 0.284 e. The summed E-state index contributed by atoms with van der Waals surface area (Å²) < 4.78 is 5.55. The lowest BCUT2D eigenvalue weighted by Gasteiger charge is -1.89. The summed E-state index contributed by atoms with van der Waals surface area (Å²) in [6, 6.07) is 7.82. The zero-order valence-corrected chi connectivity index (χ0v) is 10.7. The number of imidazole rings is 1. The number of hydrogen-bond acceptors (Lipinski definition) is 5. The Bertz CT molecular complexity index is 628. The molecule has 0 aliphatic heterocycles. The number of rotatable bonds is 4. The SMILES string of the molecule is CCCSc1nnc(-c2nc3ccccc3[nH]2)o1. The highest BCUT2D eigenvalue weighted by Crippen LogP contribution is 2.23. The summed E-state index contributed by atoms with van der Waals surface area (Å²) in [5.74, 6) is 2.03. The normalized spacial score (nSPS) is 11.2. The molecular formula is C12H12N4OS. The van der Waals surface area contributed by atoms with Gasteiger partial charge in [-0.1, -0.05) is 30.8 Å². The fourth-order valence-electron chi connectivity index (χ4n) is 1.61. The van der Waals surface area contributed by atoms with Gasteiger partial charge in [0.2, 0.25) is 0 Å². The van der Waals surface area contributed by atoms with Gasteiger partial charge in [-0.15, -0.1) is 10.2 Å². The van der Waals surface area contributed by atoms with Crippen molar-refractivity contribution < 1.29 is 4.42 Å². The molecule has 0 spiro atoms. The van der Waals surface area contributed by atoms with E-state index in [1.165, 1.54) is 0 Å². The van der Waals surface area contributed by atoms with E-state index in [2.05, 4.69) is 27.1 Å². The van der Waals surface area contributed by atoms with Crippen LogP contribution >= 0.6 is 11.8 Å². The Hall–Kier alpha value is -1.82. The molecule has 0 radical (unpaired) electrons. The Morgan fingerprint density at radius 1 is 1.28 bits per heavy atom. The Labute approximate surface area is 108 Å².